The largest absolute Gasteiger partial charge is 0.496 e. The van der Waals surface area contributed by atoms with Crippen molar-refractivity contribution in [2.45, 2.75) is 65.0 Å². The molecule has 2 aromatic carbocycles. The van der Waals surface area contributed by atoms with E-state index in [2.05, 4.69) is 69.1 Å². The van der Waals surface area contributed by atoms with Crippen molar-refractivity contribution in [2.24, 2.45) is 11.3 Å². The predicted octanol–water partition coefficient (Wildman–Crippen LogP) is 5.94. The summed E-state index contributed by atoms with van der Waals surface area (Å²) in [6.07, 6.45) is 1.85. The molecule has 36 heavy (non-hydrogen) atoms. The van der Waals surface area contributed by atoms with Gasteiger partial charge in [-0.25, -0.2) is 4.79 Å². The monoisotopic (exact) mass is 492 g/mol. The number of methoxy groups -OCH3 is 1. The first-order valence-corrected chi connectivity index (χ1v) is 13.2. The Morgan fingerprint density at radius 3 is 2.39 bits per heavy atom. The maximum atomic E-state index is 13.1. The van der Waals surface area contributed by atoms with Crippen LogP contribution >= 0.6 is 0 Å². The standard InChI is InChI=1S/C30H40N2O4/c1-29(2,3)21-9-7-19(8-10-21)22-15-25-23(16-24(22)34-6)27(30(4,5)18-35-25)31-28(33)36-26-17-32-13-11-20(26)12-14-32/h7-10,15-16,20,26-27H,11-14,17-18H2,1-6H3,(H,31,33)/t26-,27?/m1/s1. The summed E-state index contributed by atoms with van der Waals surface area (Å²) >= 11 is 0. The number of carbonyl (C=O) groups excluding carboxylic acids is 1. The minimum Gasteiger partial charge on any atom is -0.496 e. The smallest absolute Gasteiger partial charge is 0.407 e. The molecule has 2 aromatic rings. The van der Waals surface area contributed by atoms with E-state index in [1.54, 1.807) is 7.11 Å². The van der Waals surface area contributed by atoms with Gasteiger partial charge in [-0.05, 0) is 60.5 Å². The molecular weight excluding hydrogens is 452 g/mol. The molecule has 194 valence electrons. The van der Waals surface area contributed by atoms with E-state index in [-0.39, 0.29) is 29.1 Å². The van der Waals surface area contributed by atoms with Crippen LogP contribution in [0.5, 0.6) is 11.5 Å². The van der Waals surface area contributed by atoms with Gasteiger partial charge < -0.3 is 19.5 Å². The van der Waals surface area contributed by atoms with Gasteiger partial charge in [-0.2, -0.15) is 0 Å². The van der Waals surface area contributed by atoms with Crippen molar-refractivity contribution in [3.8, 4) is 22.6 Å². The van der Waals surface area contributed by atoms with Crippen molar-refractivity contribution in [3.63, 3.8) is 0 Å². The second-order valence-corrected chi connectivity index (χ2v) is 12.4. The molecule has 6 heteroatoms. The molecule has 0 aromatic heterocycles. The first-order valence-electron chi connectivity index (χ1n) is 13.2. The van der Waals surface area contributed by atoms with Gasteiger partial charge in [0.05, 0.1) is 19.8 Å². The molecule has 0 aliphatic carbocycles. The zero-order valence-electron chi connectivity index (χ0n) is 22.5. The van der Waals surface area contributed by atoms with Gasteiger partial charge in [0.2, 0.25) is 0 Å². The minimum atomic E-state index is -0.347. The topological polar surface area (TPSA) is 60.0 Å². The molecule has 4 aliphatic heterocycles. The average molecular weight is 493 g/mol. The van der Waals surface area contributed by atoms with Gasteiger partial charge in [0.1, 0.15) is 17.6 Å². The molecule has 0 spiro atoms. The number of nitrogens with zero attached hydrogens (tertiary/aromatic N) is 1. The van der Waals surface area contributed by atoms with Crippen molar-refractivity contribution in [2.75, 3.05) is 33.4 Å². The molecule has 0 saturated carbocycles. The summed E-state index contributed by atoms with van der Waals surface area (Å²) < 4.78 is 18.0. The number of ether oxygens (including phenoxy) is 3. The second-order valence-electron chi connectivity index (χ2n) is 12.4. The van der Waals surface area contributed by atoms with Gasteiger partial charge in [-0.1, -0.05) is 58.9 Å². The highest BCUT2D eigenvalue weighted by atomic mass is 16.6. The molecule has 3 fully saturated rings. The molecule has 1 N–H and O–H groups in total. The number of piperidine rings is 3. The van der Waals surface area contributed by atoms with Gasteiger partial charge in [-0.15, -0.1) is 0 Å². The molecule has 2 atom stereocenters. The number of rotatable bonds is 4. The van der Waals surface area contributed by atoms with E-state index < -0.39 is 0 Å². The number of carbonyl (C=O) groups is 1. The lowest BCUT2D eigenvalue weighted by atomic mass is 9.78. The van der Waals surface area contributed by atoms with Crippen LogP contribution in [0.15, 0.2) is 36.4 Å². The Balaban J connectivity index is 1.41. The summed E-state index contributed by atoms with van der Waals surface area (Å²) in [5.74, 6) is 2.01. The normalized spacial score (nSPS) is 26.5. The quantitative estimate of drug-likeness (QED) is 0.572. The first kappa shape index (κ1) is 24.9. The van der Waals surface area contributed by atoms with Crippen molar-refractivity contribution >= 4 is 6.09 Å². The molecule has 1 unspecified atom stereocenters. The van der Waals surface area contributed by atoms with Crippen LogP contribution < -0.4 is 14.8 Å². The molecule has 1 amide bonds. The Hall–Kier alpha value is -2.73. The fourth-order valence-corrected chi connectivity index (χ4v) is 5.85. The maximum Gasteiger partial charge on any atom is 0.407 e. The Bertz CT molecular complexity index is 1110. The highest BCUT2D eigenvalue weighted by Gasteiger charge is 2.41. The Morgan fingerprint density at radius 2 is 1.81 bits per heavy atom. The summed E-state index contributed by atoms with van der Waals surface area (Å²) in [6, 6.07) is 12.4. The third-order valence-electron chi connectivity index (χ3n) is 8.20. The SMILES string of the molecule is COc1cc2c(cc1-c1ccc(C(C)(C)C)cc1)OCC(C)(C)C2NC(=O)O[C@@H]1CN2CCC1CC2. The maximum absolute atomic E-state index is 13.1. The average Bonchev–Trinajstić information content (AvgIpc) is 2.85. The van der Waals surface area contributed by atoms with Crippen LogP contribution in [0.4, 0.5) is 4.79 Å². The van der Waals surface area contributed by atoms with Gasteiger partial charge >= 0.3 is 6.09 Å². The van der Waals surface area contributed by atoms with Crippen molar-refractivity contribution in [1.82, 2.24) is 10.2 Å². The van der Waals surface area contributed by atoms with Gasteiger partial charge in [-0.3, -0.25) is 4.90 Å². The number of nitrogens with one attached hydrogen (secondary N) is 1. The summed E-state index contributed by atoms with van der Waals surface area (Å²) in [5.41, 5.74) is 4.04. The van der Waals surface area contributed by atoms with Crippen LogP contribution in [-0.4, -0.2) is 50.4 Å². The zero-order chi connectivity index (χ0) is 25.7. The minimum absolute atomic E-state index is 0.0251. The Labute approximate surface area is 215 Å². The van der Waals surface area contributed by atoms with Gasteiger partial charge in [0.15, 0.2) is 0 Å². The molecule has 2 bridgehead atoms. The van der Waals surface area contributed by atoms with E-state index in [0.29, 0.717) is 12.5 Å². The van der Waals surface area contributed by atoms with Crippen LogP contribution in [0.1, 0.15) is 64.6 Å². The van der Waals surface area contributed by atoms with Crippen molar-refractivity contribution < 1.29 is 19.0 Å². The molecule has 0 radical (unpaired) electrons. The zero-order valence-corrected chi connectivity index (χ0v) is 22.5. The number of alkyl carbamates (subject to hydrolysis) is 1. The fourth-order valence-electron chi connectivity index (χ4n) is 5.85. The third-order valence-corrected chi connectivity index (χ3v) is 8.20. The van der Waals surface area contributed by atoms with E-state index >= 15 is 0 Å². The number of benzene rings is 2. The Morgan fingerprint density at radius 1 is 1.11 bits per heavy atom. The highest BCUT2D eigenvalue weighted by molar-refractivity contribution is 5.75. The molecular formula is C30H40N2O4. The first-order chi connectivity index (χ1) is 17.0. The molecule has 3 saturated heterocycles. The third kappa shape index (κ3) is 4.80. The second kappa shape index (κ2) is 9.29. The molecule has 6 rings (SSSR count). The van der Waals surface area contributed by atoms with E-state index in [0.717, 1.165) is 60.7 Å². The van der Waals surface area contributed by atoms with Crippen molar-refractivity contribution in [3.05, 3.63) is 47.5 Å². The summed E-state index contributed by atoms with van der Waals surface area (Å²) in [5, 5.41) is 3.19. The van der Waals surface area contributed by atoms with Crippen LogP contribution in [0.25, 0.3) is 11.1 Å². The van der Waals surface area contributed by atoms with Crippen LogP contribution in [0.3, 0.4) is 0 Å². The van der Waals surface area contributed by atoms with Crippen LogP contribution in [-0.2, 0) is 10.2 Å². The van der Waals surface area contributed by atoms with Crippen LogP contribution in [0.2, 0.25) is 0 Å². The van der Waals surface area contributed by atoms with Gasteiger partial charge in [0.25, 0.3) is 0 Å². The number of amides is 1. The summed E-state index contributed by atoms with van der Waals surface area (Å²) in [6.45, 7) is 14.4. The number of hydrogen-bond acceptors (Lipinski definition) is 5. The number of fused-ring (bicyclic) bond motifs is 4. The molecule has 4 aliphatic rings. The van der Waals surface area contributed by atoms with E-state index in [9.17, 15) is 4.79 Å². The molecule has 6 nitrogen and oxygen atoms in total. The molecule has 4 heterocycles. The number of hydrogen-bond donors (Lipinski definition) is 1. The highest BCUT2D eigenvalue weighted by Crippen LogP contribution is 2.47. The van der Waals surface area contributed by atoms with E-state index in [4.69, 9.17) is 14.2 Å². The van der Waals surface area contributed by atoms with E-state index in [1.165, 1.54) is 5.56 Å². The van der Waals surface area contributed by atoms with Crippen molar-refractivity contribution in [1.29, 1.82) is 0 Å². The lowest BCUT2D eigenvalue weighted by molar-refractivity contribution is -0.0361. The Kier molecular flexibility index (Phi) is 6.44. The van der Waals surface area contributed by atoms with E-state index in [1.807, 2.05) is 12.1 Å². The van der Waals surface area contributed by atoms with Crippen LogP contribution in [0, 0.1) is 11.3 Å². The summed E-state index contributed by atoms with van der Waals surface area (Å²) in [7, 11) is 1.69. The fraction of sp³-hybridized carbons (Fsp3) is 0.567. The predicted molar refractivity (Wildman–Crippen MR) is 142 cm³/mol. The lowest BCUT2D eigenvalue weighted by Gasteiger charge is -2.44. The lowest BCUT2D eigenvalue weighted by Crippen LogP contribution is -2.53. The van der Waals surface area contributed by atoms with Gasteiger partial charge in [0, 0.05) is 23.1 Å². The summed E-state index contributed by atoms with van der Waals surface area (Å²) in [4.78, 5) is 15.5.